The van der Waals surface area contributed by atoms with Gasteiger partial charge in [-0.3, -0.25) is 9.59 Å². The Bertz CT molecular complexity index is 1220. The summed E-state index contributed by atoms with van der Waals surface area (Å²) in [5, 5.41) is 3.49. The summed E-state index contributed by atoms with van der Waals surface area (Å²) in [6.07, 6.45) is 0. The zero-order valence-electron chi connectivity index (χ0n) is 18.1. The van der Waals surface area contributed by atoms with E-state index in [0.717, 1.165) is 4.90 Å². The smallest absolute Gasteiger partial charge is 0.282 e. The van der Waals surface area contributed by atoms with E-state index in [1.165, 1.54) is 12.7 Å². The van der Waals surface area contributed by atoms with Gasteiger partial charge in [-0.15, -0.1) is 0 Å². The monoisotopic (exact) mass is 446 g/mol. The number of methoxy groups -OCH3 is 1. The lowest BCUT2D eigenvalue weighted by molar-refractivity contribution is -0.120. The minimum Gasteiger partial charge on any atom is -0.496 e. The molecule has 162 valence electrons. The van der Waals surface area contributed by atoms with Crippen LogP contribution >= 0.6 is 11.6 Å². The summed E-state index contributed by atoms with van der Waals surface area (Å²) >= 11 is 6.33. The molecule has 0 aliphatic carbocycles. The van der Waals surface area contributed by atoms with E-state index >= 15 is 0 Å². The summed E-state index contributed by atoms with van der Waals surface area (Å²) < 4.78 is 5.48. The van der Waals surface area contributed by atoms with E-state index in [4.69, 9.17) is 16.3 Å². The number of anilines is 2. The molecule has 0 bridgehead atoms. The van der Waals surface area contributed by atoms with Gasteiger partial charge in [0.25, 0.3) is 11.8 Å². The molecular weight excluding hydrogens is 424 g/mol. The van der Waals surface area contributed by atoms with Crippen LogP contribution in [0.4, 0.5) is 11.4 Å². The number of hydrogen-bond donors (Lipinski definition) is 1. The Kier molecular flexibility index (Phi) is 6.01. The van der Waals surface area contributed by atoms with Crippen LogP contribution in [0.15, 0.2) is 78.5 Å². The van der Waals surface area contributed by atoms with Gasteiger partial charge in [0.05, 0.1) is 23.4 Å². The number of hydrogen-bond acceptors (Lipinski definition) is 4. The van der Waals surface area contributed by atoms with Crippen LogP contribution in [0.5, 0.6) is 5.75 Å². The average Bonchev–Trinajstić information content (AvgIpc) is 3.03. The highest BCUT2D eigenvalue weighted by Crippen LogP contribution is 2.39. The molecule has 6 heteroatoms. The summed E-state index contributed by atoms with van der Waals surface area (Å²) in [6, 6.07) is 21.7. The van der Waals surface area contributed by atoms with E-state index in [-0.39, 0.29) is 11.3 Å². The SMILES string of the molecule is COc1ccccc1C1=C(Nc2ccc(C(C)C)cc2)C(=O)N(c2ccccc2Cl)C1=O. The Morgan fingerprint density at radius 2 is 1.53 bits per heavy atom. The molecule has 0 atom stereocenters. The second-order valence-corrected chi connectivity index (χ2v) is 8.16. The van der Waals surface area contributed by atoms with Crippen molar-refractivity contribution in [3.05, 3.63) is 94.6 Å². The van der Waals surface area contributed by atoms with Crippen molar-refractivity contribution in [1.82, 2.24) is 0 Å². The highest BCUT2D eigenvalue weighted by molar-refractivity contribution is 6.48. The van der Waals surface area contributed by atoms with E-state index < -0.39 is 11.8 Å². The molecule has 0 unspecified atom stereocenters. The summed E-state index contributed by atoms with van der Waals surface area (Å²) in [6.45, 7) is 4.23. The van der Waals surface area contributed by atoms with Gasteiger partial charge in [-0.05, 0) is 41.8 Å². The van der Waals surface area contributed by atoms with Gasteiger partial charge >= 0.3 is 0 Å². The number of carbonyl (C=O) groups excluding carboxylic acids is 2. The first-order valence-electron chi connectivity index (χ1n) is 10.3. The van der Waals surface area contributed by atoms with E-state index in [2.05, 4.69) is 19.2 Å². The first-order chi connectivity index (χ1) is 15.4. The van der Waals surface area contributed by atoms with E-state index in [1.54, 1.807) is 42.5 Å². The van der Waals surface area contributed by atoms with Gasteiger partial charge in [-0.2, -0.15) is 0 Å². The average molecular weight is 447 g/mol. The van der Waals surface area contributed by atoms with Crippen molar-refractivity contribution >= 4 is 40.4 Å². The lowest BCUT2D eigenvalue weighted by Crippen LogP contribution is -2.32. The molecule has 0 aromatic heterocycles. The molecule has 1 aliphatic rings. The molecule has 2 amide bonds. The Labute approximate surface area is 192 Å². The molecule has 4 rings (SSSR count). The van der Waals surface area contributed by atoms with Crippen LogP contribution in [0.2, 0.25) is 5.02 Å². The summed E-state index contributed by atoms with van der Waals surface area (Å²) in [5.74, 6) is -0.0530. The number of benzene rings is 3. The van der Waals surface area contributed by atoms with Gasteiger partial charge in [-0.25, -0.2) is 4.90 Å². The van der Waals surface area contributed by atoms with Crippen molar-refractivity contribution in [2.75, 3.05) is 17.3 Å². The molecular formula is C26H23ClN2O3. The number of halogens is 1. The minimum atomic E-state index is -0.475. The van der Waals surface area contributed by atoms with Crippen molar-refractivity contribution in [2.24, 2.45) is 0 Å². The molecule has 0 saturated heterocycles. The molecule has 1 heterocycles. The fraction of sp³-hybridized carbons (Fsp3) is 0.154. The standard InChI is InChI=1S/C26H23ClN2O3/c1-16(2)17-12-14-18(15-13-17)28-24-23(19-8-4-7-11-22(19)32-3)25(30)29(26(24)31)21-10-6-5-9-20(21)27/h4-16,28H,1-3H3. The third-order valence-corrected chi connectivity index (χ3v) is 5.72. The molecule has 0 fully saturated rings. The maximum atomic E-state index is 13.6. The maximum absolute atomic E-state index is 13.6. The second kappa shape index (κ2) is 8.89. The van der Waals surface area contributed by atoms with Gasteiger partial charge in [-0.1, -0.05) is 67.9 Å². The lowest BCUT2D eigenvalue weighted by atomic mass is 10.0. The molecule has 3 aromatic carbocycles. The van der Waals surface area contributed by atoms with Crippen LogP contribution < -0.4 is 15.0 Å². The van der Waals surface area contributed by atoms with E-state index in [0.29, 0.717) is 33.6 Å². The van der Waals surface area contributed by atoms with E-state index in [9.17, 15) is 9.59 Å². The summed E-state index contributed by atoms with van der Waals surface area (Å²) in [7, 11) is 1.53. The largest absolute Gasteiger partial charge is 0.496 e. The normalized spacial score (nSPS) is 13.8. The number of amides is 2. The minimum absolute atomic E-state index is 0.178. The van der Waals surface area contributed by atoms with Crippen molar-refractivity contribution in [3.63, 3.8) is 0 Å². The third-order valence-electron chi connectivity index (χ3n) is 5.40. The van der Waals surface area contributed by atoms with E-state index in [1.807, 2.05) is 30.3 Å². The Hall–Kier alpha value is -3.57. The zero-order chi connectivity index (χ0) is 22.8. The van der Waals surface area contributed by atoms with Crippen molar-refractivity contribution in [1.29, 1.82) is 0 Å². The van der Waals surface area contributed by atoms with Crippen LogP contribution in [0.25, 0.3) is 5.57 Å². The molecule has 3 aromatic rings. The molecule has 5 nitrogen and oxygen atoms in total. The molecule has 0 radical (unpaired) electrons. The number of carbonyl (C=O) groups is 2. The fourth-order valence-electron chi connectivity index (χ4n) is 3.69. The Morgan fingerprint density at radius 3 is 2.19 bits per heavy atom. The molecule has 32 heavy (non-hydrogen) atoms. The quantitative estimate of drug-likeness (QED) is 0.481. The van der Waals surface area contributed by atoms with Crippen LogP contribution in [0, 0.1) is 0 Å². The van der Waals surface area contributed by atoms with Crippen molar-refractivity contribution in [3.8, 4) is 5.75 Å². The number of nitrogens with zero attached hydrogens (tertiary/aromatic N) is 1. The molecule has 0 saturated carbocycles. The highest BCUT2D eigenvalue weighted by Gasteiger charge is 2.41. The lowest BCUT2D eigenvalue weighted by Gasteiger charge is -2.17. The number of para-hydroxylation sites is 2. The van der Waals surface area contributed by atoms with Gasteiger partial charge in [0.15, 0.2) is 0 Å². The van der Waals surface area contributed by atoms with Crippen molar-refractivity contribution < 1.29 is 14.3 Å². The molecule has 1 N–H and O–H groups in total. The van der Waals surface area contributed by atoms with Gasteiger partial charge in [0.1, 0.15) is 11.4 Å². The number of rotatable bonds is 6. The number of ether oxygens (including phenoxy) is 1. The van der Waals surface area contributed by atoms with Gasteiger partial charge < -0.3 is 10.1 Å². The summed E-state index contributed by atoms with van der Waals surface area (Å²) in [5.41, 5.74) is 3.17. The van der Waals surface area contributed by atoms with Crippen molar-refractivity contribution in [2.45, 2.75) is 19.8 Å². The van der Waals surface area contributed by atoms with Gasteiger partial charge in [0, 0.05) is 11.3 Å². The maximum Gasteiger partial charge on any atom is 0.282 e. The number of nitrogens with one attached hydrogen (secondary N) is 1. The van der Waals surface area contributed by atoms with Gasteiger partial charge in [0.2, 0.25) is 0 Å². The third kappa shape index (κ3) is 3.87. The Morgan fingerprint density at radius 1 is 0.875 bits per heavy atom. The van der Waals surface area contributed by atoms with Crippen LogP contribution in [-0.2, 0) is 9.59 Å². The first-order valence-corrected chi connectivity index (χ1v) is 10.7. The summed E-state index contributed by atoms with van der Waals surface area (Å²) in [4.78, 5) is 28.2. The highest BCUT2D eigenvalue weighted by atomic mass is 35.5. The first kappa shape index (κ1) is 21.7. The number of imide groups is 1. The topological polar surface area (TPSA) is 58.6 Å². The van der Waals surface area contributed by atoms with Crippen LogP contribution in [0.3, 0.4) is 0 Å². The van der Waals surface area contributed by atoms with Crippen LogP contribution in [-0.4, -0.2) is 18.9 Å². The predicted molar refractivity (Wildman–Crippen MR) is 128 cm³/mol. The van der Waals surface area contributed by atoms with Crippen LogP contribution in [0.1, 0.15) is 30.9 Å². The fourth-order valence-corrected chi connectivity index (χ4v) is 3.91. The second-order valence-electron chi connectivity index (χ2n) is 7.75. The molecule has 0 spiro atoms. The Balaban J connectivity index is 1.84. The molecule has 1 aliphatic heterocycles. The predicted octanol–water partition coefficient (Wildman–Crippen LogP) is 5.87. The zero-order valence-corrected chi connectivity index (χ0v) is 18.8.